The largest absolute Gasteiger partial charge is 0.377 e. The van der Waals surface area contributed by atoms with Gasteiger partial charge in [0.1, 0.15) is 0 Å². The molecule has 0 amide bonds. The van der Waals surface area contributed by atoms with Crippen molar-refractivity contribution in [3.8, 4) is 0 Å². The van der Waals surface area contributed by atoms with Crippen molar-refractivity contribution < 1.29 is 13.2 Å². The van der Waals surface area contributed by atoms with E-state index in [0.717, 1.165) is 5.56 Å². The number of benzene rings is 1. The summed E-state index contributed by atoms with van der Waals surface area (Å²) in [6.07, 6.45) is -0.172. The van der Waals surface area contributed by atoms with Gasteiger partial charge in [-0.25, -0.2) is 13.1 Å². The van der Waals surface area contributed by atoms with Crippen LogP contribution in [0.2, 0.25) is 5.02 Å². The first kappa shape index (κ1) is 17.4. The highest BCUT2D eigenvalue weighted by atomic mass is 35.5. The van der Waals surface area contributed by atoms with Crippen LogP contribution in [0.4, 0.5) is 0 Å². The summed E-state index contributed by atoms with van der Waals surface area (Å²) in [7, 11) is -1.76. The SMILES string of the molecule is CCOC(C)CNS(=O)(=O)c1ccc(CNC)c(Cl)c1. The van der Waals surface area contributed by atoms with Crippen LogP contribution in [0.5, 0.6) is 0 Å². The number of hydrogen-bond donors (Lipinski definition) is 2. The average Bonchev–Trinajstić information content (AvgIpc) is 2.39. The lowest BCUT2D eigenvalue weighted by molar-refractivity contribution is 0.0799. The van der Waals surface area contributed by atoms with E-state index < -0.39 is 10.0 Å². The monoisotopic (exact) mass is 320 g/mol. The summed E-state index contributed by atoms with van der Waals surface area (Å²) in [5.41, 5.74) is 0.857. The molecule has 0 spiro atoms. The van der Waals surface area contributed by atoms with Crippen molar-refractivity contribution in [2.75, 3.05) is 20.2 Å². The summed E-state index contributed by atoms with van der Waals surface area (Å²) in [5.74, 6) is 0. The highest BCUT2D eigenvalue weighted by molar-refractivity contribution is 7.89. The Morgan fingerprint density at radius 2 is 2.10 bits per heavy atom. The summed E-state index contributed by atoms with van der Waals surface area (Å²) in [6, 6.07) is 4.72. The van der Waals surface area contributed by atoms with Crippen molar-refractivity contribution in [1.29, 1.82) is 0 Å². The predicted octanol–water partition coefficient (Wildman–Crippen LogP) is 1.76. The van der Waals surface area contributed by atoms with Gasteiger partial charge in [-0.05, 0) is 38.6 Å². The maximum Gasteiger partial charge on any atom is 0.240 e. The fraction of sp³-hybridized carbons (Fsp3) is 0.538. The predicted molar refractivity (Wildman–Crippen MR) is 80.5 cm³/mol. The van der Waals surface area contributed by atoms with E-state index in [0.29, 0.717) is 18.2 Å². The summed E-state index contributed by atoms with van der Waals surface area (Å²) >= 11 is 6.07. The van der Waals surface area contributed by atoms with Crippen LogP contribution in [0.3, 0.4) is 0 Å². The van der Waals surface area contributed by atoms with Gasteiger partial charge in [-0.15, -0.1) is 0 Å². The van der Waals surface area contributed by atoms with Crippen LogP contribution in [0, 0.1) is 0 Å². The normalized spacial score (nSPS) is 13.4. The summed E-state index contributed by atoms with van der Waals surface area (Å²) < 4.78 is 32.0. The molecule has 0 fully saturated rings. The van der Waals surface area contributed by atoms with Gasteiger partial charge >= 0.3 is 0 Å². The molecule has 1 unspecified atom stereocenters. The van der Waals surface area contributed by atoms with Gasteiger partial charge in [-0.1, -0.05) is 17.7 Å². The molecule has 0 heterocycles. The molecule has 0 aliphatic rings. The summed E-state index contributed by atoms with van der Waals surface area (Å²) in [6.45, 7) is 5.05. The number of halogens is 1. The molecule has 0 aliphatic carbocycles. The molecule has 0 saturated carbocycles. The third kappa shape index (κ3) is 5.03. The maximum absolute atomic E-state index is 12.1. The Labute approximate surface area is 125 Å². The van der Waals surface area contributed by atoms with Crippen molar-refractivity contribution in [2.45, 2.75) is 31.4 Å². The standard InChI is InChI=1S/C13H21ClN2O3S/c1-4-19-10(2)8-16-20(17,18)12-6-5-11(9-15-3)13(14)7-12/h5-7,10,15-16H,4,8-9H2,1-3H3. The van der Waals surface area contributed by atoms with Crippen molar-refractivity contribution in [2.24, 2.45) is 0 Å². The lowest BCUT2D eigenvalue weighted by Gasteiger charge is -2.13. The van der Waals surface area contributed by atoms with Gasteiger partial charge in [0.15, 0.2) is 0 Å². The van der Waals surface area contributed by atoms with Crippen LogP contribution in [-0.4, -0.2) is 34.7 Å². The van der Waals surface area contributed by atoms with E-state index in [1.54, 1.807) is 19.2 Å². The second kappa shape index (κ2) is 7.95. The summed E-state index contributed by atoms with van der Waals surface area (Å²) in [5, 5.41) is 3.40. The minimum atomic E-state index is -3.56. The Morgan fingerprint density at radius 1 is 1.40 bits per heavy atom. The van der Waals surface area contributed by atoms with Crippen LogP contribution in [0.25, 0.3) is 0 Å². The van der Waals surface area contributed by atoms with Gasteiger partial charge in [0.05, 0.1) is 11.0 Å². The van der Waals surface area contributed by atoms with Gasteiger partial charge in [0.2, 0.25) is 10.0 Å². The molecule has 0 bridgehead atoms. The van der Waals surface area contributed by atoms with E-state index in [2.05, 4.69) is 10.0 Å². The molecule has 0 radical (unpaired) electrons. The van der Waals surface area contributed by atoms with Crippen LogP contribution in [-0.2, 0) is 21.3 Å². The first-order chi connectivity index (χ1) is 9.40. The van der Waals surface area contributed by atoms with Crippen molar-refractivity contribution in [1.82, 2.24) is 10.0 Å². The topological polar surface area (TPSA) is 67.4 Å². The van der Waals surface area contributed by atoms with Crippen LogP contribution in [0.1, 0.15) is 19.4 Å². The van der Waals surface area contributed by atoms with E-state index in [-0.39, 0.29) is 17.5 Å². The fourth-order valence-electron chi connectivity index (χ4n) is 1.68. The smallest absolute Gasteiger partial charge is 0.240 e. The minimum absolute atomic E-state index is 0.158. The number of rotatable bonds is 8. The minimum Gasteiger partial charge on any atom is -0.377 e. The molecule has 1 aromatic rings. The Kier molecular flexibility index (Phi) is 6.91. The Bertz CT molecular complexity index is 534. The Balaban J connectivity index is 2.80. The number of sulfonamides is 1. The first-order valence-corrected chi connectivity index (χ1v) is 8.31. The lowest BCUT2D eigenvalue weighted by Crippen LogP contribution is -2.32. The fourth-order valence-corrected chi connectivity index (χ4v) is 3.14. The molecule has 1 aromatic carbocycles. The molecule has 0 saturated heterocycles. The number of hydrogen-bond acceptors (Lipinski definition) is 4. The Hall–Kier alpha value is -0.660. The van der Waals surface area contributed by atoms with Gasteiger partial charge in [0, 0.05) is 24.7 Å². The second-order valence-corrected chi connectivity index (χ2v) is 6.58. The Morgan fingerprint density at radius 3 is 2.65 bits per heavy atom. The molecule has 1 atom stereocenters. The van der Waals surface area contributed by atoms with E-state index in [4.69, 9.17) is 16.3 Å². The molecular weight excluding hydrogens is 300 g/mol. The zero-order valence-electron chi connectivity index (χ0n) is 11.9. The second-order valence-electron chi connectivity index (χ2n) is 4.40. The van der Waals surface area contributed by atoms with Gasteiger partial charge < -0.3 is 10.1 Å². The maximum atomic E-state index is 12.1. The van der Waals surface area contributed by atoms with Gasteiger partial charge in [-0.3, -0.25) is 0 Å². The molecule has 7 heteroatoms. The molecule has 2 N–H and O–H groups in total. The lowest BCUT2D eigenvalue weighted by atomic mass is 10.2. The van der Waals surface area contributed by atoms with Crippen molar-refractivity contribution >= 4 is 21.6 Å². The highest BCUT2D eigenvalue weighted by Gasteiger charge is 2.16. The third-order valence-corrected chi connectivity index (χ3v) is 4.49. The quantitative estimate of drug-likeness (QED) is 0.766. The zero-order valence-corrected chi connectivity index (χ0v) is 13.5. The van der Waals surface area contributed by atoms with Crippen LogP contribution < -0.4 is 10.0 Å². The van der Waals surface area contributed by atoms with Crippen molar-refractivity contribution in [3.05, 3.63) is 28.8 Å². The van der Waals surface area contributed by atoms with Gasteiger partial charge in [-0.2, -0.15) is 0 Å². The number of ether oxygens (including phenoxy) is 1. The molecule has 114 valence electrons. The number of nitrogens with one attached hydrogen (secondary N) is 2. The van der Waals surface area contributed by atoms with E-state index >= 15 is 0 Å². The molecular formula is C13H21ClN2O3S. The molecule has 0 aliphatic heterocycles. The van der Waals surface area contributed by atoms with Crippen LogP contribution in [0.15, 0.2) is 23.1 Å². The molecule has 5 nitrogen and oxygen atoms in total. The molecule has 20 heavy (non-hydrogen) atoms. The first-order valence-electron chi connectivity index (χ1n) is 6.45. The third-order valence-electron chi connectivity index (χ3n) is 2.71. The van der Waals surface area contributed by atoms with Gasteiger partial charge in [0.25, 0.3) is 0 Å². The van der Waals surface area contributed by atoms with E-state index in [9.17, 15) is 8.42 Å². The van der Waals surface area contributed by atoms with Crippen LogP contribution >= 0.6 is 11.6 Å². The molecule has 1 rings (SSSR count). The zero-order chi connectivity index (χ0) is 15.2. The van der Waals surface area contributed by atoms with E-state index in [1.165, 1.54) is 6.07 Å². The van der Waals surface area contributed by atoms with E-state index in [1.807, 2.05) is 13.8 Å². The highest BCUT2D eigenvalue weighted by Crippen LogP contribution is 2.20. The average molecular weight is 321 g/mol. The summed E-state index contributed by atoms with van der Waals surface area (Å²) in [4.78, 5) is 0.158. The molecule has 0 aromatic heterocycles. The van der Waals surface area contributed by atoms with Crippen molar-refractivity contribution in [3.63, 3.8) is 0 Å².